The summed E-state index contributed by atoms with van der Waals surface area (Å²) >= 11 is -1.26. The molecule has 1 atom stereocenters. The molecule has 0 fully saturated rings. The number of pyridine rings is 1. The summed E-state index contributed by atoms with van der Waals surface area (Å²) in [5, 5.41) is 5.27. The maximum absolute atomic E-state index is 11.8. The van der Waals surface area contributed by atoms with Crippen LogP contribution in [-0.4, -0.2) is 30.3 Å². The number of hydrogen-bond acceptors (Lipinski definition) is 4. The van der Waals surface area contributed by atoms with E-state index in [-0.39, 0.29) is 4.75 Å². The van der Waals surface area contributed by atoms with E-state index in [1.165, 1.54) is 6.21 Å². The molecular formula is C12H16N4OS. The maximum Gasteiger partial charge on any atom is 0.144 e. The van der Waals surface area contributed by atoms with Gasteiger partial charge in [0.15, 0.2) is 0 Å². The fraction of sp³-hybridized carbons (Fsp3) is 0.417. The minimum Gasteiger partial charge on any atom is -0.591 e. The van der Waals surface area contributed by atoms with Crippen LogP contribution in [0, 0.1) is 0 Å². The highest BCUT2D eigenvalue weighted by Crippen LogP contribution is 2.17. The van der Waals surface area contributed by atoms with Gasteiger partial charge in [-0.3, -0.25) is 9.67 Å². The highest BCUT2D eigenvalue weighted by atomic mass is 32.2. The van der Waals surface area contributed by atoms with Gasteiger partial charge in [0.25, 0.3) is 0 Å². The molecule has 0 amide bonds. The molecule has 2 heterocycles. The molecule has 96 valence electrons. The van der Waals surface area contributed by atoms with Crippen LogP contribution in [0.3, 0.4) is 0 Å². The van der Waals surface area contributed by atoms with Crippen molar-refractivity contribution in [2.45, 2.75) is 25.5 Å². The second kappa shape index (κ2) is 4.70. The molecule has 0 aliphatic rings. The molecule has 0 saturated heterocycles. The smallest absolute Gasteiger partial charge is 0.144 e. The maximum atomic E-state index is 11.8. The van der Waals surface area contributed by atoms with Crippen molar-refractivity contribution in [3.05, 3.63) is 24.2 Å². The third kappa shape index (κ3) is 2.88. The Balaban J connectivity index is 2.24. The first-order valence-electron chi connectivity index (χ1n) is 5.62. The van der Waals surface area contributed by atoms with E-state index in [0.717, 1.165) is 10.9 Å². The number of aromatic nitrogens is 3. The molecular weight excluding hydrogens is 248 g/mol. The first-order chi connectivity index (χ1) is 8.36. The van der Waals surface area contributed by atoms with Crippen LogP contribution in [-0.2, 0) is 18.4 Å². The van der Waals surface area contributed by atoms with Gasteiger partial charge in [-0.1, -0.05) is 4.40 Å². The van der Waals surface area contributed by atoms with Gasteiger partial charge >= 0.3 is 0 Å². The average molecular weight is 264 g/mol. The quantitative estimate of drug-likeness (QED) is 0.614. The van der Waals surface area contributed by atoms with Gasteiger partial charge in [-0.2, -0.15) is 5.10 Å². The Labute approximate surface area is 109 Å². The first-order valence-corrected chi connectivity index (χ1v) is 6.72. The normalized spacial score (nSPS) is 14.5. The Morgan fingerprint density at radius 3 is 2.83 bits per heavy atom. The molecule has 5 nitrogen and oxygen atoms in total. The van der Waals surface area contributed by atoms with E-state index in [1.807, 2.05) is 40.1 Å². The van der Waals surface area contributed by atoms with Crippen LogP contribution in [0.1, 0.15) is 26.5 Å². The highest BCUT2D eigenvalue weighted by molar-refractivity contribution is 7.91. The van der Waals surface area contributed by atoms with Crippen molar-refractivity contribution in [1.29, 1.82) is 0 Å². The van der Waals surface area contributed by atoms with Crippen molar-refractivity contribution < 1.29 is 4.55 Å². The molecule has 2 aromatic heterocycles. The lowest BCUT2D eigenvalue weighted by molar-refractivity contribution is 0.562. The fourth-order valence-electron chi connectivity index (χ4n) is 1.39. The van der Waals surface area contributed by atoms with E-state index in [1.54, 1.807) is 10.9 Å². The summed E-state index contributed by atoms with van der Waals surface area (Å²) in [5.74, 6) is 0. The topological polar surface area (TPSA) is 66.1 Å². The lowest BCUT2D eigenvalue weighted by atomic mass is 10.3. The number of hydrogen-bond donors (Lipinski definition) is 0. The summed E-state index contributed by atoms with van der Waals surface area (Å²) < 4.78 is 17.2. The van der Waals surface area contributed by atoms with Crippen LogP contribution >= 0.6 is 0 Å². The Hall–Kier alpha value is -1.40. The Morgan fingerprint density at radius 1 is 1.44 bits per heavy atom. The van der Waals surface area contributed by atoms with Crippen molar-refractivity contribution in [2.75, 3.05) is 0 Å². The van der Waals surface area contributed by atoms with Crippen LogP contribution in [0.5, 0.6) is 0 Å². The molecule has 0 aliphatic carbocycles. The molecule has 2 rings (SSSR count). The lowest BCUT2D eigenvalue weighted by Crippen LogP contribution is -2.25. The summed E-state index contributed by atoms with van der Waals surface area (Å²) in [6.07, 6.45) is 5.18. The van der Waals surface area contributed by atoms with E-state index in [2.05, 4.69) is 14.5 Å². The molecule has 1 unspecified atom stereocenters. The predicted octanol–water partition coefficient (Wildman–Crippen LogP) is 1.85. The second-order valence-corrected chi connectivity index (χ2v) is 7.00. The standard InChI is InChI=1S/C12H16N4OS/c1-12(2,3)18(17)14-7-10-5-11-9(6-13-10)8-16(4)15-11/h5-8H,1-4H3/b14-7+. The van der Waals surface area contributed by atoms with Gasteiger partial charge in [-0.05, 0) is 26.8 Å². The minimum atomic E-state index is -1.26. The number of fused-ring (bicyclic) bond motifs is 1. The van der Waals surface area contributed by atoms with E-state index in [4.69, 9.17) is 0 Å². The second-order valence-electron chi connectivity index (χ2n) is 5.07. The average Bonchev–Trinajstić information content (AvgIpc) is 2.63. The summed E-state index contributed by atoms with van der Waals surface area (Å²) in [7, 11) is 1.86. The predicted molar refractivity (Wildman–Crippen MR) is 74.0 cm³/mol. The molecule has 0 N–H and O–H groups in total. The SMILES string of the molecule is Cn1cc2cnc(/C=N/[S+]([O-])C(C)(C)C)cc2n1. The van der Waals surface area contributed by atoms with E-state index in [9.17, 15) is 4.55 Å². The molecule has 0 aromatic carbocycles. The van der Waals surface area contributed by atoms with Gasteiger partial charge in [0.2, 0.25) is 0 Å². The first kappa shape index (κ1) is 13.0. The van der Waals surface area contributed by atoms with Crippen LogP contribution < -0.4 is 0 Å². The molecule has 2 aromatic rings. The molecule has 6 heteroatoms. The van der Waals surface area contributed by atoms with Crippen molar-refractivity contribution in [2.24, 2.45) is 11.4 Å². The van der Waals surface area contributed by atoms with Crippen LogP contribution in [0.4, 0.5) is 0 Å². The lowest BCUT2D eigenvalue weighted by Gasteiger charge is -2.17. The highest BCUT2D eigenvalue weighted by Gasteiger charge is 2.25. The Morgan fingerprint density at radius 2 is 2.17 bits per heavy atom. The summed E-state index contributed by atoms with van der Waals surface area (Å²) in [6.45, 7) is 5.65. The zero-order chi connectivity index (χ0) is 13.3. The van der Waals surface area contributed by atoms with Gasteiger partial charge in [-0.25, -0.2) is 0 Å². The third-order valence-electron chi connectivity index (χ3n) is 2.33. The summed E-state index contributed by atoms with van der Waals surface area (Å²) in [5.41, 5.74) is 1.52. The van der Waals surface area contributed by atoms with Crippen molar-refractivity contribution >= 4 is 28.5 Å². The molecule has 0 radical (unpaired) electrons. The van der Waals surface area contributed by atoms with Gasteiger partial charge in [0, 0.05) is 24.8 Å². The van der Waals surface area contributed by atoms with Crippen LogP contribution in [0.15, 0.2) is 22.9 Å². The summed E-state index contributed by atoms with van der Waals surface area (Å²) in [4.78, 5) is 4.24. The molecule has 0 aliphatic heterocycles. The van der Waals surface area contributed by atoms with Gasteiger partial charge in [-0.15, -0.1) is 0 Å². The third-order valence-corrected chi connectivity index (χ3v) is 3.67. The van der Waals surface area contributed by atoms with E-state index in [0.29, 0.717) is 5.69 Å². The van der Waals surface area contributed by atoms with E-state index < -0.39 is 11.4 Å². The van der Waals surface area contributed by atoms with E-state index >= 15 is 0 Å². The zero-order valence-corrected chi connectivity index (χ0v) is 11.7. The summed E-state index contributed by atoms with van der Waals surface area (Å²) in [6, 6.07) is 1.83. The number of nitrogens with zero attached hydrogens (tertiary/aromatic N) is 4. The zero-order valence-electron chi connectivity index (χ0n) is 10.9. The fourth-order valence-corrected chi connectivity index (χ4v) is 1.91. The number of rotatable bonds is 2. The molecule has 0 spiro atoms. The Kier molecular flexibility index (Phi) is 3.41. The van der Waals surface area contributed by atoms with Gasteiger partial charge in [0.1, 0.15) is 22.3 Å². The van der Waals surface area contributed by atoms with Gasteiger partial charge < -0.3 is 4.55 Å². The van der Waals surface area contributed by atoms with Crippen molar-refractivity contribution in [3.63, 3.8) is 0 Å². The Bertz CT molecular complexity index is 585. The van der Waals surface area contributed by atoms with Crippen molar-refractivity contribution in [1.82, 2.24) is 14.8 Å². The molecule has 18 heavy (non-hydrogen) atoms. The largest absolute Gasteiger partial charge is 0.591 e. The molecule has 0 saturated carbocycles. The van der Waals surface area contributed by atoms with Gasteiger partial charge in [0.05, 0.1) is 11.2 Å². The monoisotopic (exact) mass is 264 g/mol. The molecule has 0 bridgehead atoms. The van der Waals surface area contributed by atoms with Crippen molar-refractivity contribution in [3.8, 4) is 0 Å². The minimum absolute atomic E-state index is 0.356. The number of aryl methyl sites for hydroxylation is 1. The van der Waals surface area contributed by atoms with Crippen LogP contribution in [0.25, 0.3) is 10.9 Å². The van der Waals surface area contributed by atoms with Crippen LogP contribution in [0.2, 0.25) is 0 Å².